The molecule has 2 aromatic carbocycles. The molecule has 0 radical (unpaired) electrons. The first-order chi connectivity index (χ1) is 14.1. The van der Waals surface area contributed by atoms with Gasteiger partial charge in [-0.1, -0.05) is 48.0 Å². The molecular formula is C24H24ClN3O. The third kappa shape index (κ3) is 2.81. The summed E-state index contributed by atoms with van der Waals surface area (Å²) in [6.45, 7) is 3.03. The van der Waals surface area contributed by atoms with Gasteiger partial charge in [-0.2, -0.15) is 0 Å². The Morgan fingerprint density at radius 3 is 2.76 bits per heavy atom. The number of fused-ring (bicyclic) bond motifs is 3. The van der Waals surface area contributed by atoms with Crippen LogP contribution in [0.4, 0.5) is 0 Å². The summed E-state index contributed by atoms with van der Waals surface area (Å²) < 4.78 is 2.24. The summed E-state index contributed by atoms with van der Waals surface area (Å²) >= 11 is 6.19. The maximum Gasteiger partial charge on any atom is 0.222 e. The van der Waals surface area contributed by atoms with Gasteiger partial charge in [0.1, 0.15) is 5.82 Å². The molecule has 0 bridgehead atoms. The van der Waals surface area contributed by atoms with E-state index >= 15 is 0 Å². The molecule has 2 unspecified atom stereocenters. The molecule has 1 fully saturated rings. The van der Waals surface area contributed by atoms with E-state index in [-0.39, 0.29) is 5.91 Å². The minimum absolute atomic E-state index is 0.245. The number of amides is 1. The Bertz CT molecular complexity index is 1060. The highest BCUT2D eigenvalue weighted by molar-refractivity contribution is 6.30. The van der Waals surface area contributed by atoms with Crippen LogP contribution in [0.2, 0.25) is 5.02 Å². The first kappa shape index (κ1) is 18.4. The summed E-state index contributed by atoms with van der Waals surface area (Å²) in [6, 6.07) is 16.8. The molecule has 2 aliphatic heterocycles. The molecule has 4 nitrogen and oxygen atoms in total. The molecule has 0 spiro atoms. The Kier molecular flexibility index (Phi) is 4.47. The number of carbonyl (C=O) groups is 1. The fourth-order valence-electron chi connectivity index (χ4n) is 5.13. The van der Waals surface area contributed by atoms with Crippen molar-refractivity contribution in [2.75, 3.05) is 6.54 Å². The van der Waals surface area contributed by atoms with Gasteiger partial charge in [-0.05, 0) is 49.4 Å². The van der Waals surface area contributed by atoms with E-state index in [1.54, 1.807) is 0 Å². The maximum absolute atomic E-state index is 13.1. The van der Waals surface area contributed by atoms with Crippen LogP contribution in [-0.4, -0.2) is 32.9 Å². The second-order valence-electron chi connectivity index (χ2n) is 8.11. The maximum atomic E-state index is 13.1. The molecule has 5 rings (SSSR count). The average molecular weight is 406 g/mol. The van der Waals surface area contributed by atoms with E-state index in [9.17, 15) is 4.79 Å². The second-order valence-corrected chi connectivity index (χ2v) is 8.55. The van der Waals surface area contributed by atoms with Gasteiger partial charge in [0.05, 0.1) is 5.54 Å². The Labute approximate surface area is 176 Å². The molecule has 2 atom stereocenters. The summed E-state index contributed by atoms with van der Waals surface area (Å²) in [5, 5.41) is 0.711. The quantitative estimate of drug-likeness (QED) is 0.605. The van der Waals surface area contributed by atoms with E-state index in [1.807, 2.05) is 35.5 Å². The van der Waals surface area contributed by atoms with Gasteiger partial charge in [0.25, 0.3) is 0 Å². The number of likely N-dealkylation sites (tertiary alicyclic amines) is 1. The number of halogens is 1. The van der Waals surface area contributed by atoms with Gasteiger partial charge in [-0.15, -0.1) is 0 Å². The van der Waals surface area contributed by atoms with Crippen LogP contribution in [0.5, 0.6) is 0 Å². The van der Waals surface area contributed by atoms with Crippen molar-refractivity contribution in [1.29, 1.82) is 0 Å². The summed E-state index contributed by atoms with van der Waals surface area (Å²) in [6.07, 6.45) is 7.27. The number of rotatable bonds is 4. The largest absolute Gasteiger partial charge is 0.340 e. The lowest BCUT2D eigenvalue weighted by atomic mass is 9.79. The van der Waals surface area contributed by atoms with Crippen LogP contribution in [-0.2, 0) is 10.3 Å². The van der Waals surface area contributed by atoms with Crippen molar-refractivity contribution < 1.29 is 4.79 Å². The van der Waals surface area contributed by atoms with Crippen molar-refractivity contribution in [3.8, 4) is 11.4 Å². The molecule has 1 saturated heterocycles. The first-order valence-electron chi connectivity index (χ1n) is 10.3. The zero-order chi connectivity index (χ0) is 20.0. The lowest BCUT2D eigenvalue weighted by molar-refractivity contribution is -0.132. The predicted octanol–water partition coefficient (Wildman–Crippen LogP) is 5.10. The van der Waals surface area contributed by atoms with E-state index in [2.05, 4.69) is 46.8 Å². The van der Waals surface area contributed by atoms with Crippen LogP contribution in [0, 0.1) is 0 Å². The zero-order valence-corrected chi connectivity index (χ0v) is 17.3. The normalized spacial score (nSPS) is 22.6. The molecule has 0 aliphatic carbocycles. The van der Waals surface area contributed by atoms with Gasteiger partial charge in [-0.3, -0.25) is 4.79 Å². The molecule has 5 heteroatoms. The van der Waals surface area contributed by atoms with Crippen molar-refractivity contribution in [3.05, 3.63) is 77.1 Å². The molecule has 3 heterocycles. The topological polar surface area (TPSA) is 38.1 Å². The van der Waals surface area contributed by atoms with Crippen LogP contribution in [0.3, 0.4) is 0 Å². The molecule has 0 saturated carbocycles. The van der Waals surface area contributed by atoms with Gasteiger partial charge in [0.15, 0.2) is 0 Å². The molecule has 1 aromatic heterocycles. The van der Waals surface area contributed by atoms with E-state index in [4.69, 9.17) is 11.6 Å². The molecule has 148 valence electrons. The third-order valence-corrected chi connectivity index (χ3v) is 6.81. The lowest BCUT2D eigenvalue weighted by Gasteiger charge is -2.34. The highest BCUT2D eigenvalue weighted by atomic mass is 35.5. The van der Waals surface area contributed by atoms with Gasteiger partial charge in [-0.25, -0.2) is 4.98 Å². The monoisotopic (exact) mass is 405 g/mol. The Balaban J connectivity index is 1.60. The van der Waals surface area contributed by atoms with Crippen LogP contribution in [0.1, 0.15) is 43.7 Å². The number of nitrogens with zero attached hydrogens (tertiary/aromatic N) is 3. The minimum atomic E-state index is -0.453. The highest BCUT2D eigenvalue weighted by Crippen LogP contribution is 2.49. The van der Waals surface area contributed by atoms with E-state index in [0.29, 0.717) is 23.9 Å². The number of carbonyl (C=O) groups excluding carboxylic acids is 1. The number of hydrogen-bond donors (Lipinski definition) is 0. The summed E-state index contributed by atoms with van der Waals surface area (Å²) in [5.74, 6) is 1.20. The SMILES string of the molecule is CC1CCCN1C(=O)CCC1(c2ccc(Cl)cc2)c2ccccc2-c2nccn21. The van der Waals surface area contributed by atoms with Gasteiger partial charge in [0.2, 0.25) is 5.91 Å². The smallest absolute Gasteiger partial charge is 0.222 e. The van der Waals surface area contributed by atoms with Crippen LogP contribution in [0.25, 0.3) is 11.4 Å². The second kappa shape index (κ2) is 7.03. The van der Waals surface area contributed by atoms with Crippen molar-refractivity contribution in [1.82, 2.24) is 14.5 Å². The van der Waals surface area contributed by atoms with Gasteiger partial charge < -0.3 is 9.47 Å². The summed E-state index contributed by atoms with van der Waals surface area (Å²) in [7, 11) is 0. The number of benzene rings is 2. The number of imidazole rings is 1. The molecular weight excluding hydrogens is 382 g/mol. The Morgan fingerprint density at radius 1 is 1.21 bits per heavy atom. The van der Waals surface area contributed by atoms with Crippen molar-refractivity contribution in [3.63, 3.8) is 0 Å². The zero-order valence-electron chi connectivity index (χ0n) is 16.5. The average Bonchev–Trinajstić information content (AvgIpc) is 3.44. The minimum Gasteiger partial charge on any atom is -0.340 e. The Morgan fingerprint density at radius 2 is 2.00 bits per heavy atom. The predicted molar refractivity (Wildman–Crippen MR) is 115 cm³/mol. The van der Waals surface area contributed by atoms with Crippen molar-refractivity contribution >= 4 is 17.5 Å². The number of aromatic nitrogens is 2. The van der Waals surface area contributed by atoms with Crippen LogP contribution in [0.15, 0.2) is 60.9 Å². The molecule has 0 N–H and O–H groups in total. The van der Waals surface area contributed by atoms with Crippen LogP contribution < -0.4 is 0 Å². The lowest BCUT2D eigenvalue weighted by Crippen LogP contribution is -2.38. The molecule has 29 heavy (non-hydrogen) atoms. The number of hydrogen-bond acceptors (Lipinski definition) is 2. The molecule has 3 aromatic rings. The fourth-order valence-corrected chi connectivity index (χ4v) is 5.26. The van der Waals surface area contributed by atoms with Gasteiger partial charge in [0, 0.05) is 42.0 Å². The summed E-state index contributed by atoms with van der Waals surface area (Å²) in [4.78, 5) is 19.8. The molecule has 1 amide bonds. The Hall–Kier alpha value is -2.59. The van der Waals surface area contributed by atoms with Crippen molar-refractivity contribution in [2.45, 2.75) is 44.2 Å². The highest BCUT2D eigenvalue weighted by Gasteiger charge is 2.45. The van der Waals surface area contributed by atoms with Crippen LogP contribution >= 0.6 is 11.6 Å². The van der Waals surface area contributed by atoms with E-state index in [0.717, 1.165) is 36.3 Å². The summed E-state index contributed by atoms with van der Waals surface area (Å²) in [5.41, 5.74) is 3.02. The van der Waals surface area contributed by atoms with E-state index in [1.165, 1.54) is 5.56 Å². The van der Waals surface area contributed by atoms with E-state index < -0.39 is 5.54 Å². The molecule has 2 aliphatic rings. The van der Waals surface area contributed by atoms with Crippen molar-refractivity contribution in [2.24, 2.45) is 0 Å². The first-order valence-corrected chi connectivity index (χ1v) is 10.7. The standard InChI is InChI=1S/C24H24ClN3O/c1-17-5-4-15-27(17)22(29)12-13-24(18-8-10-19(25)11-9-18)21-7-3-2-6-20(21)23-26-14-16-28(23)24/h2-3,6-11,14,16-17H,4-5,12-13,15H2,1H3. The van der Waals surface area contributed by atoms with Gasteiger partial charge >= 0.3 is 0 Å². The fraction of sp³-hybridized carbons (Fsp3) is 0.333. The third-order valence-electron chi connectivity index (χ3n) is 6.56.